The van der Waals surface area contributed by atoms with Gasteiger partial charge in [-0.2, -0.15) is 0 Å². The third-order valence-electron chi connectivity index (χ3n) is 2.90. The van der Waals surface area contributed by atoms with Gasteiger partial charge in [0.25, 0.3) is 0 Å². The second-order valence-corrected chi connectivity index (χ2v) is 4.09. The van der Waals surface area contributed by atoms with Crippen LogP contribution in [0, 0.1) is 0 Å². The Hall–Kier alpha value is -1.53. The van der Waals surface area contributed by atoms with Gasteiger partial charge in [0, 0.05) is 12.2 Å². The van der Waals surface area contributed by atoms with Gasteiger partial charge in [0.15, 0.2) is 0 Å². The van der Waals surface area contributed by atoms with Crippen molar-refractivity contribution in [2.45, 2.75) is 12.9 Å². The second kappa shape index (κ2) is 4.77. The fourth-order valence-electron chi connectivity index (χ4n) is 2.08. The summed E-state index contributed by atoms with van der Waals surface area (Å²) in [6.07, 6.45) is -0.0477. The average Bonchev–Trinajstić information content (AvgIpc) is 2.63. The molecule has 0 radical (unpaired) electrons. The maximum Gasteiger partial charge on any atom is 0.324 e. The highest BCUT2D eigenvalue weighted by atomic mass is 16.5. The van der Waals surface area contributed by atoms with Crippen LogP contribution < -0.4 is 16.5 Å². The number of hydrogen-bond acceptors (Lipinski definition) is 4. The van der Waals surface area contributed by atoms with Crippen molar-refractivity contribution in [3.05, 3.63) is 23.8 Å². The minimum Gasteiger partial charge on any atom is -0.480 e. The maximum atomic E-state index is 10.5. The van der Waals surface area contributed by atoms with Gasteiger partial charge in [0.2, 0.25) is 0 Å². The molecule has 17 heavy (non-hydrogen) atoms. The molecule has 0 spiro atoms. The zero-order valence-corrected chi connectivity index (χ0v) is 9.64. The van der Waals surface area contributed by atoms with Crippen molar-refractivity contribution in [2.24, 2.45) is 5.73 Å². The molecule has 0 unspecified atom stereocenters. The first-order valence-corrected chi connectivity index (χ1v) is 5.57. The summed E-state index contributed by atoms with van der Waals surface area (Å²) < 4.78 is 5.69. The van der Waals surface area contributed by atoms with E-state index in [-0.39, 0.29) is 19.6 Å². The molecule has 1 aliphatic heterocycles. The number of carbonyl (C=O) groups is 1. The van der Waals surface area contributed by atoms with E-state index in [1.807, 2.05) is 25.0 Å². The summed E-state index contributed by atoms with van der Waals surface area (Å²) in [4.78, 5) is 10.5. The Balaban J connectivity index is 2.19. The average molecular weight is 234 g/mol. The van der Waals surface area contributed by atoms with E-state index in [1.54, 1.807) is 0 Å². The van der Waals surface area contributed by atoms with Gasteiger partial charge in [-0.25, -0.2) is 0 Å². The zero-order chi connectivity index (χ0) is 12.4. The summed E-state index contributed by atoms with van der Waals surface area (Å²) in [6.45, 7) is 2.34. The Labute approximate surface area is 100 Å². The molecular weight excluding hydrogens is 219 g/mol. The molecule has 1 heterocycles. The van der Waals surface area contributed by atoms with Crippen LogP contribution >= 0.6 is 0 Å². The molecule has 5 nitrogen and oxygen atoms in total. The molecule has 1 aromatic rings. The van der Waals surface area contributed by atoms with E-state index >= 15 is 0 Å². The van der Waals surface area contributed by atoms with Gasteiger partial charge in [-0.05, 0) is 23.2 Å². The number of nitrogens with two attached hydrogens (primary N) is 1. The summed E-state index contributed by atoms with van der Waals surface area (Å²) in [7, 11) is 0. The lowest BCUT2D eigenvalue weighted by atomic mass is 9.64. The highest BCUT2D eigenvalue weighted by Crippen LogP contribution is 2.24. The van der Waals surface area contributed by atoms with Crippen LogP contribution in [-0.4, -0.2) is 31.1 Å². The van der Waals surface area contributed by atoms with Crippen molar-refractivity contribution in [1.29, 1.82) is 0 Å². The van der Waals surface area contributed by atoms with Crippen LogP contribution in [0.5, 0.6) is 0 Å². The minimum absolute atomic E-state index is 0.00475. The van der Waals surface area contributed by atoms with Gasteiger partial charge >= 0.3 is 12.9 Å². The summed E-state index contributed by atoms with van der Waals surface area (Å²) in [6, 6.07) is 5.73. The predicted octanol–water partition coefficient (Wildman–Crippen LogP) is 0.0414. The number of aliphatic carboxylic acids is 1. The Bertz CT molecular complexity index is 439. The Morgan fingerprint density at radius 3 is 3.06 bits per heavy atom. The molecule has 0 aliphatic carbocycles. The van der Waals surface area contributed by atoms with Crippen LogP contribution in [0.1, 0.15) is 11.7 Å². The van der Waals surface area contributed by atoms with Crippen LogP contribution in [0.4, 0.5) is 5.69 Å². The molecule has 90 valence electrons. The van der Waals surface area contributed by atoms with Crippen LogP contribution in [-0.2, 0) is 9.45 Å². The van der Waals surface area contributed by atoms with E-state index in [1.165, 1.54) is 0 Å². The molecule has 4 N–H and O–H groups in total. The number of fused-ring (bicyclic) bond motifs is 1. The number of carboxylic acid groups (broad SMARTS) is 1. The Morgan fingerprint density at radius 2 is 2.41 bits per heavy atom. The van der Waals surface area contributed by atoms with Crippen LogP contribution in [0.3, 0.4) is 0 Å². The number of anilines is 1. The van der Waals surface area contributed by atoms with Crippen molar-refractivity contribution >= 4 is 24.0 Å². The SMILES string of the molecule is CB1O[C@H](CN)c2ccc(NCC(=O)O)cc21. The number of hydrogen-bond donors (Lipinski definition) is 3. The lowest BCUT2D eigenvalue weighted by Gasteiger charge is -2.09. The van der Waals surface area contributed by atoms with E-state index in [4.69, 9.17) is 15.5 Å². The van der Waals surface area contributed by atoms with E-state index < -0.39 is 5.97 Å². The Morgan fingerprint density at radius 1 is 1.65 bits per heavy atom. The lowest BCUT2D eigenvalue weighted by Crippen LogP contribution is -2.25. The van der Waals surface area contributed by atoms with E-state index in [0.717, 1.165) is 16.7 Å². The highest BCUT2D eigenvalue weighted by Gasteiger charge is 2.30. The third-order valence-corrected chi connectivity index (χ3v) is 2.90. The molecule has 0 saturated heterocycles. The number of rotatable bonds is 4. The molecule has 0 saturated carbocycles. The maximum absolute atomic E-state index is 10.5. The standard InChI is InChI=1S/C11H15BN2O3/c1-12-9-4-7(14-6-11(15)16)2-3-8(9)10(5-13)17-12/h2-4,10,14H,5-6,13H2,1H3,(H,15,16)/t10-/m1/s1. The van der Waals surface area contributed by atoms with Crippen molar-refractivity contribution in [2.75, 3.05) is 18.4 Å². The Kier molecular flexibility index (Phi) is 3.35. The van der Waals surface area contributed by atoms with Crippen molar-refractivity contribution in [1.82, 2.24) is 0 Å². The van der Waals surface area contributed by atoms with Crippen LogP contribution in [0.25, 0.3) is 0 Å². The molecule has 0 fully saturated rings. The molecule has 0 aromatic heterocycles. The lowest BCUT2D eigenvalue weighted by molar-refractivity contribution is -0.134. The van der Waals surface area contributed by atoms with Gasteiger partial charge in [-0.15, -0.1) is 0 Å². The van der Waals surface area contributed by atoms with Crippen molar-refractivity contribution in [3.8, 4) is 0 Å². The van der Waals surface area contributed by atoms with Gasteiger partial charge in [0.05, 0.1) is 6.10 Å². The van der Waals surface area contributed by atoms with Crippen molar-refractivity contribution in [3.63, 3.8) is 0 Å². The minimum atomic E-state index is -0.880. The quantitative estimate of drug-likeness (QED) is 0.640. The number of nitrogens with one attached hydrogen (secondary N) is 1. The normalized spacial score (nSPS) is 18.0. The molecule has 1 atom stereocenters. The molecular formula is C11H15BN2O3. The monoisotopic (exact) mass is 234 g/mol. The fourth-order valence-corrected chi connectivity index (χ4v) is 2.08. The summed E-state index contributed by atoms with van der Waals surface area (Å²) >= 11 is 0. The molecule has 0 bridgehead atoms. The zero-order valence-electron chi connectivity index (χ0n) is 9.64. The van der Waals surface area contributed by atoms with Gasteiger partial charge < -0.3 is 20.8 Å². The largest absolute Gasteiger partial charge is 0.480 e. The summed E-state index contributed by atoms with van der Waals surface area (Å²) in [5.41, 5.74) is 8.60. The molecule has 6 heteroatoms. The predicted molar refractivity (Wildman–Crippen MR) is 66.7 cm³/mol. The molecule has 1 aromatic carbocycles. The van der Waals surface area contributed by atoms with E-state index in [9.17, 15) is 4.79 Å². The highest BCUT2D eigenvalue weighted by molar-refractivity contribution is 6.67. The first-order valence-electron chi connectivity index (χ1n) is 5.57. The third kappa shape index (κ3) is 2.43. The van der Waals surface area contributed by atoms with Crippen LogP contribution in [0.15, 0.2) is 18.2 Å². The first-order chi connectivity index (χ1) is 8.11. The number of benzene rings is 1. The molecule has 0 amide bonds. The topological polar surface area (TPSA) is 84.6 Å². The number of carboxylic acids is 1. The van der Waals surface area contributed by atoms with Gasteiger partial charge in [-0.1, -0.05) is 12.9 Å². The first kappa shape index (κ1) is 11.9. The molecule has 2 rings (SSSR count). The summed E-state index contributed by atoms with van der Waals surface area (Å²) in [5.74, 6) is -0.880. The fraction of sp³-hybridized carbons (Fsp3) is 0.364. The molecule has 1 aliphatic rings. The van der Waals surface area contributed by atoms with E-state index in [0.29, 0.717) is 6.54 Å². The van der Waals surface area contributed by atoms with E-state index in [2.05, 4.69) is 5.32 Å². The summed E-state index contributed by atoms with van der Waals surface area (Å²) in [5, 5.41) is 11.4. The van der Waals surface area contributed by atoms with Crippen molar-refractivity contribution < 1.29 is 14.6 Å². The van der Waals surface area contributed by atoms with Gasteiger partial charge in [-0.3, -0.25) is 4.79 Å². The van der Waals surface area contributed by atoms with Gasteiger partial charge in [0.1, 0.15) is 6.54 Å². The second-order valence-electron chi connectivity index (χ2n) is 4.09. The van der Waals surface area contributed by atoms with Crippen LogP contribution in [0.2, 0.25) is 6.82 Å². The smallest absolute Gasteiger partial charge is 0.324 e.